The molecular formula is C15H17N7OS2. The molecule has 3 rings (SSSR count). The van der Waals surface area contributed by atoms with E-state index in [9.17, 15) is 4.79 Å². The van der Waals surface area contributed by atoms with Gasteiger partial charge in [-0.2, -0.15) is 0 Å². The molecule has 1 aromatic carbocycles. The number of hydrogen-bond donors (Lipinski definition) is 1. The molecule has 0 unspecified atom stereocenters. The molecule has 1 amide bonds. The molecule has 3 aromatic rings. The lowest BCUT2D eigenvalue weighted by atomic mass is 10.2. The van der Waals surface area contributed by atoms with Gasteiger partial charge in [0.2, 0.25) is 16.2 Å². The van der Waals surface area contributed by atoms with E-state index in [1.54, 1.807) is 4.68 Å². The maximum atomic E-state index is 12.3. The summed E-state index contributed by atoms with van der Waals surface area (Å²) in [5.74, 6) is -0.155. The summed E-state index contributed by atoms with van der Waals surface area (Å²) in [6.07, 6.45) is 0.798. The normalized spacial score (nSPS) is 12.1. The van der Waals surface area contributed by atoms with Gasteiger partial charge in [0.15, 0.2) is 0 Å². The van der Waals surface area contributed by atoms with Crippen molar-refractivity contribution in [2.45, 2.75) is 37.2 Å². The summed E-state index contributed by atoms with van der Waals surface area (Å²) in [7, 11) is 0. The summed E-state index contributed by atoms with van der Waals surface area (Å²) in [5.41, 5.74) is 1.09. The largest absolute Gasteiger partial charge is 0.300 e. The van der Waals surface area contributed by atoms with E-state index in [1.165, 1.54) is 23.1 Å². The van der Waals surface area contributed by atoms with Crippen LogP contribution in [-0.4, -0.2) is 41.6 Å². The quantitative estimate of drug-likeness (QED) is 0.632. The standard InChI is InChI=1S/C15H17N7OS2/c1-3-12-17-18-14(25-12)16-13(23)10(2)24-15-19-20-21-22(15)9-11-7-5-4-6-8-11/h4-8,10H,3,9H2,1-2H3,(H,16,18,23)/t10-/m0/s1. The molecule has 0 spiro atoms. The summed E-state index contributed by atoms with van der Waals surface area (Å²) in [5, 5.41) is 24.1. The highest BCUT2D eigenvalue weighted by Crippen LogP contribution is 2.23. The Kier molecular flexibility index (Phi) is 5.71. The Labute approximate surface area is 153 Å². The number of carbonyl (C=O) groups is 1. The molecule has 0 fully saturated rings. The number of aromatic nitrogens is 6. The zero-order chi connectivity index (χ0) is 17.6. The summed E-state index contributed by atoms with van der Waals surface area (Å²) in [6, 6.07) is 9.91. The molecule has 0 saturated carbocycles. The molecule has 0 aliphatic carbocycles. The fourth-order valence-corrected chi connectivity index (χ4v) is 3.47. The Bertz CT molecular complexity index is 833. The fourth-order valence-electron chi connectivity index (χ4n) is 2.00. The molecule has 1 atom stereocenters. The van der Waals surface area contributed by atoms with Crippen molar-refractivity contribution in [3.8, 4) is 0 Å². The average Bonchev–Trinajstić information content (AvgIpc) is 3.25. The van der Waals surface area contributed by atoms with Crippen LogP contribution in [0.4, 0.5) is 5.13 Å². The van der Waals surface area contributed by atoms with Crippen LogP contribution in [0.2, 0.25) is 0 Å². The van der Waals surface area contributed by atoms with Gasteiger partial charge in [0.25, 0.3) is 0 Å². The van der Waals surface area contributed by atoms with Gasteiger partial charge < -0.3 is 0 Å². The smallest absolute Gasteiger partial charge is 0.239 e. The number of amides is 1. The number of carbonyl (C=O) groups excluding carboxylic acids is 1. The molecule has 8 nitrogen and oxygen atoms in total. The van der Waals surface area contributed by atoms with E-state index in [2.05, 4.69) is 31.0 Å². The highest BCUT2D eigenvalue weighted by atomic mass is 32.2. The predicted molar refractivity (Wildman–Crippen MR) is 96.6 cm³/mol. The van der Waals surface area contributed by atoms with E-state index in [-0.39, 0.29) is 11.2 Å². The van der Waals surface area contributed by atoms with Crippen molar-refractivity contribution in [3.63, 3.8) is 0 Å². The molecule has 0 aliphatic heterocycles. The van der Waals surface area contributed by atoms with E-state index in [1.807, 2.05) is 44.2 Å². The van der Waals surface area contributed by atoms with Crippen LogP contribution in [0.25, 0.3) is 0 Å². The molecule has 0 bridgehead atoms. The number of benzene rings is 1. The summed E-state index contributed by atoms with van der Waals surface area (Å²) < 4.78 is 1.68. The lowest BCUT2D eigenvalue weighted by Gasteiger charge is -2.10. The summed E-state index contributed by atoms with van der Waals surface area (Å²) in [6.45, 7) is 4.36. The maximum absolute atomic E-state index is 12.3. The number of nitrogens with zero attached hydrogens (tertiary/aromatic N) is 6. The highest BCUT2D eigenvalue weighted by molar-refractivity contribution is 8.00. The Balaban J connectivity index is 1.62. The molecule has 0 aliphatic rings. The molecule has 130 valence electrons. The number of anilines is 1. The van der Waals surface area contributed by atoms with Gasteiger partial charge in [-0.1, -0.05) is 60.4 Å². The summed E-state index contributed by atoms with van der Waals surface area (Å²) >= 11 is 2.69. The van der Waals surface area contributed by atoms with Crippen LogP contribution in [0, 0.1) is 0 Å². The Morgan fingerprint density at radius 1 is 1.28 bits per heavy atom. The fraction of sp³-hybridized carbons (Fsp3) is 0.333. The van der Waals surface area contributed by atoms with Crippen LogP contribution in [0.15, 0.2) is 35.5 Å². The Morgan fingerprint density at radius 3 is 2.80 bits per heavy atom. The Morgan fingerprint density at radius 2 is 2.08 bits per heavy atom. The van der Waals surface area contributed by atoms with Crippen LogP contribution in [0.1, 0.15) is 24.4 Å². The van der Waals surface area contributed by atoms with Gasteiger partial charge in [0, 0.05) is 0 Å². The zero-order valence-corrected chi connectivity index (χ0v) is 15.4. The summed E-state index contributed by atoms with van der Waals surface area (Å²) in [4.78, 5) is 12.3. The van der Waals surface area contributed by atoms with Crippen LogP contribution < -0.4 is 5.32 Å². The minimum atomic E-state index is -0.366. The maximum Gasteiger partial charge on any atom is 0.239 e. The van der Waals surface area contributed by atoms with Crippen LogP contribution in [0.3, 0.4) is 0 Å². The van der Waals surface area contributed by atoms with Crippen molar-refractivity contribution in [1.82, 2.24) is 30.4 Å². The second-order valence-electron chi connectivity index (χ2n) is 5.21. The van der Waals surface area contributed by atoms with Gasteiger partial charge >= 0.3 is 0 Å². The highest BCUT2D eigenvalue weighted by Gasteiger charge is 2.20. The van der Waals surface area contributed by atoms with Crippen molar-refractivity contribution < 1.29 is 4.79 Å². The lowest BCUT2D eigenvalue weighted by Crippen LogP contribution is -2.23. The first-order valence-electron chi connectivity index (χ1n) is 7.75. The molecule has 2 heterocycles. The number of rotatable bonds is 7. The number of thioether (sulfide) groups is 1. The van der Waals surface area contributed by atoms with Crippen molar-refractivity contribution >= 4 is 34.1 Å². The van der Waals surface area contributed by atoms with Crippen molar-refractivity contribution in [3.05, 3.63) is 40.9 Å². The van der Waals surface area contributed by atoms with Gasteiger partial charge in [-0.25, -0.2) is 4.68 Å². The number of hydrogen-bond acceptors (Lipinski definition) is 8. The van der Waals surface area contributed by atoms with Crippen molar-refractivity contribution in [1.29, 1.82) is 0 Å². The first-order chi connectivity index (χ1) is 12.2. The average molecular weight is 375 g/mol. The van der Waals surface area contributed by atoms with Gasteiger partial charge in [0.1, 0.15) is 5.01 Å². The van der Waals surface area contributed by atoms with E-state index >= 15 is 0 Å². The minimum Gasteiger partial charge on any atom is -0.300 e. The van der Waals surface area contributed by atoms with E-state index in [0.29, 0.717) is 16.8 Å². The Hall–Kier alpha value is -2.33. The lowest BCUT2D eigenvalue weighted by molar-refractivity contribution is -0.115. The molecule has 10 heteroatoms. The molecule has 1 N–H and O–H groups in total. The second-order valence-corrected chi connectivity index (χ2v) is 7.58. The van der Waals surface area contributed by atoms with Crippen LogP contribution in [-0.2, 0) is 17.8 Å². The zero-order valence-electron chi connectivity index (χ0n) is 13.8. The van der Waals surface area contributed by atoms with E-state index in [4.69, 9.17) is 0 Å². The molecular weight excluding hydrogens is 358 g/mol. The molecule has 2 aromatic heterocycles. The first-order valence-corrected chi connectivity index (χ1v) is 9.45. The third-order valence-corrected chi connectivity index (χ3v) is 5.38. The SMILES string of the molecule is CCc1nnc(NC(=O)[C@H](C)Sc2nnnn2Cc2ccccc2)s1. The third kappa shape index (κ3) is 4.60. The number of nitrogens with one attached hydrogen (secondary N) is 1. The van der Waals surface area contributed by atoms with Gasteiger partial charge in [-0.15, -0.1) is 15.3 Å². The minimum absolute atomic E-state index is 0.155. The second kappa shape index (κ2) is 8.17. The van der Waals surface area contributed by atoms with Crippen molar-refractivity contribution in [2.24, 2.45) is 0 Å². The van der Waals surface area contributed by atoms with Crippen LogP contribution in [0.5, 0.6) is 0 Å². The van der Waals surface area contributed by atoms with Crippen LogP contribution >= 0.6 is 23.1 Å². The molecule has 0 radical (unpaired) electrons. The molecule has 25 heavy (non-hydrogen) atoms. The first kappa shape index (κ1) is 17.5. The third-order valence-electron chi connectivity index (χ3n) is 3.33. The molecule has 0 saturated heterocycles. The van der Waals surface area contributed by atoms with E-state index in [0.717, 1.165) is 17.0 Å². The number of tetrazole rings is 1. The number of aryl methyl sites for hydroxylation is 1. The predicted octanol–water partition coefficient (Wildman–Crippen LogP) is 2.25. The topological polar surface area (TPSA) is 98.5 Å². The van der Waals surface area contributed by atoms with E-state index < -0.39 is 0 Å². The van der Waals surface area contributed by atoms with Gasteiger partial charge in [-0.05, 0) is 29.3 Å². The van der Waals surface area contributed by atoms with Gasteiger partial charge in [-0.3, -0.25) is 10.1 Å². The van der Waals surface area contributed by atoms with Crippen molar-refractivity contribution in [2.75, 3.05) is 5.32 Å². The monoisotopic (exact) mass is 375 g/mol. The van der Waals surface area contributed by atoms with Gasteiger partial charge in [0.05, 0.1) is 11.8 Å².